The standard InChI is InChI=1S/C23H33N5O2/c1-18-8-12-28(13-9-18)22-7-6-19(15-24-22)16-25-23(29)26-17-20(21-5-4-14-30-21)27-10-2-3-11-27/h4-7,14-15,18,20H,2-3,8-13,16-17H2,1H3,(H2,25,26,29). The van der Waals surface area contributed by atoms with Crippen molar-refractivity contribution in [1.29, 1.82) is 0 Å². The van der Waals surface area contributed by atoms with Crippen LogP contribution in [0.5, 0.6) is 0 Å². The summed E-state index contributed by atoms with van der Waals surface area (Å²) in [6, 6.07) is 7.92. The summed E-state index contributed by atoms with van der Waals surface area (Å²) < 4.78 is 5.61. The second kappa shape index (κ2) is 9.98. The van der Waals surface area contributed by atoms with Crippen molar-refractivity contribution in [3.8, 4) is 0 Å². The molecule has 2 N–H and O–H groups in total. The average molecular weight is 412 g/mol. The van der Waals surface area contributed by atoms with Crippen LogP contribution in [-0.4, -0.2) is 48.6 Å². The van der Waals surface area contributed by atoms with Gasteiger partial charge >= 0.3 is 6.03 Å². The van der Waals surface area contributed by atoms with E-state index in [-0.39, 0.29) is 12.1 Å². The van der Waals surface area contributed by atoms with E-state index in [1.165, 1.54) is 25.7 Å². The van der Waals surface area contributed by atoms with E-state index >= 15 is 0 Å². The number of carbonyl (C=O) groups is 1. The van der Waals surface area contributed by atoms with Crippen molar-refractivity contribution in [2.45, 2.75) is 45.2 Å². The van der Waals surface area contributed by atoms with Crippen molar-refractivity contribution in [3.05, 3.63) is 48.0 Å². The lowest BCUT2D eigenvalue weighted by molar-refractivity contribution is 0.203. The fourth-order valence-corrected chi connectivity index (χ4v) is 4.32. The van der Waals surface area contributed by atoms with Crippen molar-refractivity contribution < 1.29 is 9.21 Å². The number of furan rings is 1. The van der Waals surface area contributed by atoms with Crippen molar-refractivity contribution in [2.24, 2.45) is 5.92 Å². The van der Waals surface area contributed by atoms with E-state index in [9.17, 15) is 4.79 Å². The maximum atomic E-state index is 12.4. The maximum absolute atomic E-state index is 12.4. The molecule has 0 aromatic carbocycles. The zero-order valence-corrected chi connectivity index (χ0v) is 17.8. The van der Waals surface area contributed by atoms with E-state index in [1.807, 2.05) is 18.3 Å². The SMILES string of the molecule is CC1CCN(c2ccc(CNC(=O)NCC(c3ccco3)N3CCCC3)cn2)CC1. The highest BCUT2D eigenvalue weighted by Gasteiger charge is 2.25. The first-order valence-electron chi connectivity index (χ1n) is 11.2. The minimum Gasteiger partial charge on any atom is -0.468 e. The highest BCUT2D eigenvalue weighted by Crippen LogP contribution is 2.25. The quantitative estimate of drug-likeness (QED) is 0.729. The zero-order valence-electron chi connectivity index (χ0n) is 17.8. The van der Waals surface area contributed by atoms with Gasteiger partial charge in [-0.2, -0.15) is 0 Å². The Morgan fingerprint density at radius 2 is 1.97 bits per heavy atom. The number of pyridine rings is 1. The van der Waals surface area contributed by atoms with Crippen LogP contribution in [0.4, 0.5) is 10.6 Å². The van der Waals surface area contributed by atoms with Crippen LogP contribution in [-0.2, 0) is 6.54 Å². The molecule has 7 nitrogen and oxygen atoms in total. The molecule has 1 atom stereocenters. The first kappa shape index (κ1) is 20.7. The van der Waals surface area contributed by atoms with E-state index in [0.29, 0.717) is 13.1 Å². The fraction of sp³-hybridized carbons (Fsp3) is 0.565. The molecule has 4 rings (SSSR count). The third-order valence-corrected chi connectivity index (χ3v) is 6.28. The van der Waals surface area contributed by atoms with Gasteiger partial charge in [-0.1, -0.05) is 13.0 Å². The lowest BCUT2D eigenvalue weighted by atomic mass is 9.99. The lowest BCUT2D eigenvalue weighted by Gasteiger charge is -2.31. The van der Waals surface area contributed by atoms with Crippen LogP contribution in [0.25, 0.3) is 0 Å². The van der Waals surface area contributed by atoms with Crippen LogP contribution in [0.1, 0.15) is 50.0 Å². The summed E-state index contributed by atoms with van der Waals surface area (Å²) >= 11 is 0. The molecule has 0 radical (unpaired) electrons. The number of hydrogen-bond donors (Lipinski definition) is 2. The van der Waals surface area contributed by atoms with Crippen molar-refractivity contribution in [1.82, 2.24) is 20.5 Å². The predicted octanol–water partition coefficient (Wildman–Crippen LogP) is 3.55. The molecule has 2 saturated heterocycles. The molecule has 2 amide bonds. The summed E-state index contributed by atoms with van der Waals surface area (Å²) in [5.74, 6) is 2.74. The molecule has 2 aromatic heterocycles. The Morgan fingerprint density at radius 3 is 2.63 bits per heavy atom. The summed E-state index contributed by atoms with van der Waals surface area (Å²) in [6.07, 6.45) is 8.40. The van der Waals surface area contributed by atoms with E-state index in [2.05, 4.69) is 44.5 Å². The van der Waals surface area contributed by atoms with Crippen LogP contribution < -0.4 is 15.5 Å². The summed E-state index contributed by atoms with van der Waals surface area (Å²) in [4.78, 5) is 21.7. The van der Waals surface area contributed by atoms with Crippen LogP contribution in [0, 0.1) is 5.92 Å². The first-order chi connectivity index (χ1) is 14.7. The Kier molecular flexibility index (Phi) is 6.89. The highest BCUT2D eigenvalue weighted by atomic mass is 16.3. The van der Waals surface area contributed by atoms with Crippen LogP contribution in [0.2, 0.25) is 0 Å². The normalized spacial score (nSPS) is 19.0. The number of anilines is 1. The molecule has 2 aliphatic rings. The number of carbonyl (C=O) groups excluding carboxylic acids is 1. The topological polar surface area (TPSA) is 73.6 Å². The van der Waals surface area contributed by atoms with Gasteiger partial charge in [0.25, 0.3) is 0 Å². The van der Waals surface area contributed by atoms with Crippen molar-refractivity contribution >= 4 is 11.8 Å². The molecule has 0 bridgehead atoms. The van der Waals surface area contributed by atoms with Gasteiger partial charge in [0.2, 0.25) is 0 Å². The minimum atomic E-state index is -0.167. The van der Waals surface area contributed by atoms with E-state index in [1.54, 1.807) is 6.26 Å². The van der Waals surface area contributed by atoms with Gasteiger partial charge in [-0.15, -0.1) is 0 Å². The van der Waals surface area contributed by atoms with Crippen LogP contribution >= 0.6 is 0 Å². The molecule has 7 heteroatoms. The largest absolute Gasteiger partial charge is 0.468 e. The van der Waals surface area contributed by atoms with Gasteiger partial charge in [0.15, 0.2) is 0 Å². The number of amides is 2. The Morgan fingerprint density at radius 1 is 1.17 bits per heavy atom. The molecule has 2 fully saturated rings. The minimum absolute atomic E-state index is 0.0847. The first-order valence-corrected chi connectivity index (χ1v) is 11.2. The van der Waals surface area contributed by atoms with Gasteiger partial charge < -0.3 is 20.0 Å². The smallest absolute Gasteiger partial charge is 0.315 e. The Labute approximate surface area is 178 Å². The monoisotopic (exact) mass is 411 g/mol. The molecular formula is C23H33N5O2. The zero-order chi connectivity index (χ0) is 20.8. The maximum Gasteiger partial charge on any atom is 0.315 e. The summed E-state index contributed by atoms with van der Waals surface area (Å²) in [6.45, 7) is 7.54. The summed E-state index contributed by atoms with van der Waals surface area (Å²) in [5, 5.41) is 5.95. The Hall–Kier alpha value is -2.54. The Balaban J connectivity index is 1.24. The predicted molar refractivity (Wildman–Crippen MR) is 117 cm³/mol. The van der Waals surface area contributed by atoms with Gasteiger partial charge in [0.1, 0.15) is 11.6 Å². The molecule has 0 saturated carbocycles. The van der Waals surface area contributed by atoms with Crippen molar-refractivity contribution in [2.75, 3.05) is 37.6 Å². The number of nitrogens with one attached hydrogen (secondary N) is 2. The molecule has 0 aliphatic carbocycles. The number of piperidine rings is 1. The molecular weight excluding hydrogens is 378 g/mol. The lowest BCUT2D eigenvalue weighted by Crippen LogP contribution is -2.41. The third kappa shape index (κ3) is 5.33. The molecule has 2 aliphatic heterocycles. The van der Waals surface area contributed by atoms with Gasteiger partial charge in [-0.3, -0.25) is 4.90 Å². The summed E-state index contributed by atoms with van der Waals surface area (Å²) in [5.41, 5.74) is 1.00. The molecule has 162 valence electrons. The molecule has 2 aromatic rings. The molecule has 1 unspecified atom stereocenters. The average Bonchev–Trinajstić information content (AvgIpc) is 3.49. The Bertz CT molecular complexity index is 778. The number of urea groups is 1. The van der Waals surface area contributed by atoms with Gasteiger partial charge in [0, 0.05) is 32.4 Å². The second-order valence-electron chi connectivity index (χ2n) is 8.53. The van der Waals surface area contributed by atoms with Crippen molar-refractivity contribution in [3.63, 3.8) is 0 Å². The molecule has 0 spiro atoms. The molecule has 4 heterocycles. The summed E-state index contributed by atoms with van der Waals surface area (Å²) in [7, 11) is 0. The van der Waals surface area contributed by atoms with Gasteiger partial charge in [0.05, 0.1) is 12.3 Å². The highest BCUT2D eigenvalue weighted by molar-refractivity contribution is 5.73. The van der Waals surface area contributed by atoms with Gasteiger partial charge in [-0.25, -0.2) is 9.78 Å². The number of rotatable bonds is 7. The number of hydrogen-bond acceptors (Lipinski definition) is 5. The molecule has 30 heavy (non-hydrogen) atoms. The second-order valence-corrected chi connectivity index (χ2v) is 8.53. The number of aromatic nitrogens is 1. The van der Waals surface area contributed by atoms with Crippen LogP contribution in [0.15, 0.2) is 41.1 Å². The van der Waals surface area contributed by atoms with E-state index in [0.717, 1.165) is 49.2 Å². The fourth-order valence-electron chi connectivity index (χ4n) is 4.32. The van der Waals surface area contributed by atoms with Gasteiger partial charge in [-0.05, 0) is 68.5 Å². The van der Waals surface area contributed by atoms with Crippen LogP contribution in [0.3, 0.4) is 0 Å². The number of nitrogens with zero attached hydrogens (tertiary/aromatic N) is 3. The third-order valence-electron chi connectivity index (χ3n) is 6.28. The number of likely N-dealkylation sites (tertiary alicyclic amines) is 1. The van der Waals surface area contributed by atoms with E-state index < -0.39 is 0 Å². The van der Waals surface area contributed by atoms with E-state index in [4.69, 9.17) is 4.42 Å².